The van der Waals surface area contributed by atoms with Crippen molar-refractivity contribution in [2.45, 2.75) is 53.1 Å². The molecule has 0 bridgehead atoms. The monoisotopic (exact) mass is 269 g/mol. The van der Waals surface area contributed by atoms with Gasteiger partial charge in [0.2, 0.25) is 5.89 Å². The van der Waals surface area contributed by atoms with Gasteiger partial charge in [-0.2, -0.15) is 4.98 Å². The van der Waals surface area contributed by atoms with Crippen LogP contribution in [0.15, 0.2) is 4.52 Å². The molecule has 0 fully saturated rings. The fourth-order valence-corrected chi connectivity index (χ4v) is 1.65. The van der Waals surface area contributed by atoms with Gasteiger partial charge in [-0.3, -0.25) is 9.69 Å². The predicted octanol–water partition coefficient (Wildman–Crippen LogP) is 1.95. The van der Waals surface area contributed by atoms with Gasteiger partial charge in [-0.15, -0.1) is 0 Å². The van der Waals surface area contributed by atoms with E-state index in [0.717, 1.165) is 6.42 Å². The first kappa shape index (κ1) is 15.6. The summed E-state index contributed by atoms with van der Waals surface area (Å²) in [5.41, 5.74) is -0.267. The van der Waals surface area contributed by atoms with Crippen LogP contribution in [-0.2, 0) is 17.8 Å². The standard InChI is InChI=1S/C13H23N3O3/c1-9(2)6-11-14-10(15-19-11)7-16(8-12(17)18)13(3,4)5/h9H,6-8H2,1-5H3,(H,17,18). The lowest BCUT2D eigenvalue weighted by atomic mass is 10.1. The third kappa shape index (κ3) is 5.38. The maximum Gasteiger partial charge on any atom is 0.317 e. The second-order valence-electron chi connectivity index (χ2n) is 6.12. The Bertz CT molecular complexity index is 421. The molecule has 1 heterocycles. The number of carboxylic acids is 1. The Morgan fingerprint density at radius 1 is 1.42 bits per heavy atom. The van der Waals surface area contributed by atoms with Crippen LogP contribution in [0, 0.1) is 5.92 Å². The van der Waals surface area contributed by atoms with Gasteiger partial charge < -0.3 is 9.63 Å². The van der Waals surface area contributed by atoms with Crippen LogP contribution in [0.1, 0.15) is 46.3 Å². The number of aromatic nitrogens is 2. The molecule has 0 aliphatic rings. The largest absolute Gasteiger partial charge is 0.480 e. The van der Waals surface area contributed by atoms with E-state index in [4.69, 9.17) is 9.63 Å². The van der Waals surface area contributed by atoms with E-state index in [0.29, 0.717) is 24.2 Å². The molecule has 1 aromatic rings. The Hall–Kier alpha value is -1.43. The minimum absolute atomic E-state index is 0.0441. The van der Waals surface area contributed by atoms with Crippen molar-refractivity contribution in [3.8, 4) is 0 Å². The molecule has 0 amide bonds. The molecule has 108 valence electrons. The summed E-state index contributed by atoms with van der Waals surface area (Å²) in [6.07, 6.45) is 0.738. The van der Waals surface area contributed by atoms with Gasteiger partial charge in [-0.05, 0) is 26.7 Å². The van der Waals surface area contributed by atoms with E-state index in [9.17, 15) is 4.79 Å². The van der Waals surface area contributed by atoms with E-state index >= 15 is 0 Å². The molecule has 6 heteroatoms. The highest BCUT2D eigenvalue weighted by Crippen LogP contribution is 2.16. The van der Waals surface area contributed by atoms with Gasteiger partial charge in [0, 0.05) is 12.0 Å². The number of hydrogen-bond donors (Lipinski definition) is 1. The summed E-state index contributed by atoms with van der Waals surface area (Å²) in [6, 6.07) is 0. The second kappa shape index (κ2) is 6.14. The molecule has 19 heavy (non-hydrogen) atoms. The third-order valence-corrected chi connectivity index (χ3v) is 2.70. The van der Waals surface area contributed by atoms with Crippen molar-refractivity contribution in [1.29, 1.82) is 0 Å². The number of rotatable bonds is 6. The van der Waals surface area contributed by atoms with Crippen LogP contribution in [-0.4, -0.2) is 38.2 Å². The van der Waals surface area contributed by atoms with Crippen LogP contribution in [0.25, 0.3) is 0 Å². The summed E-state index contributed by atoms with van der Waals surface area (Å²) in [6.45, 7) is 10.4. The summed E-state index contributed by atoms with van der Waals surface area (Å²) in [5.74, 6) is 0.730. The average molecular weight is 269 g/mol. The molecule has 1 rings (SSSR count). The summed E-state index contributed by atoms with van der Waals surface area (Å²) < 4.78 is 5.16. The van der Waals surface area contributed by atoms with Crippen molar-refractivity contribution in [2.24, 2.45) is 5.92 Å². The van der Waals surface area contributed by atoms with Crippen molar-refractivity contribution in [3.63, 3.8) is 0 Å². The van der Waals surface area contributed by atoms with Crippen molar-refractivity contribution in [1.82, 2.24) is 15.0 Å². The highest BCUT2D eigenvalue weighted by atomic mass is 16.5. The van der Waals surface area contributed by atoms with Gasteiger partial charge in [-0.1, -0.05) is 19.0 Å². The van der Waals surface area contributed by atoms with Gasteiger partial charge in [0.15, 0.2) is 5.82 Å². The van der Waals surface area contributed by atoms with E-state index < -0.39 is 5.97 Å². The Kier molecular flexibility index (Phi) is 5.05. The minimum Gasteiger partial charge on any atom is -0.480 e. The van der Waals surface area contributed by atoms with Gasteiger partial charge in [0.05, 0.1) is 13.1 Å². The van der Waals surface area contributed by atoms with Crippen LogP contribution in [0.3, 0.4) is 0 Å². The first-order chi connectivity index (χ1) is 8.68. The zero-order valence-corrected chi connectivity index (χ0v) is 12.3. The van der Waals surface area contributed by atoms with E-state index in [1.807, 2.05) is 20.8 Å². The number of carbonyl (C=O) groups is 1. The fourth-order valence-electron chi connectivity index (χ4n) is 1.65. The first-order valence-electron chi connectivity index (χ1n) is 6.46. The lowest BCUT2D eigenvalue weighted by Gasteiger charge is -2.33. The SMILES string of the molecule is CC(C)Cc1nc(CN(CC(=O)O)C(C)(C)C)no1. The molecule has 1 aromatic heterocycles. The molecule has 1 N–H and O–H groups in total. The molecule has 0 aromatic carbocycles. The summed E-state index contributed by atoms with van der Waals surface area (Å²) >= 11 is 0. The Labute approximate surface area is 113 Å². The van der Waals surface area contributed by atoms with Crippen LogP contribution < -0.4 is 0 Å². The topological polar surface area (TPSA) is 79.5 Å². The first-order valence-corrected chi connectivity index (χ1v) is 6.46. The van der Waals surface area contributed by atoms with Gasteiger partial charge >= 0.3 is 5.97 Å². The number of carboxylic acid groups (broad SMARTS) is 1. The summed E-state index contributed by atoms with van der Waals surface area (Å²) in [5, 5.41) is 12.9. The molecule has 0 saturated carbocycles. The van der Waals surface area contributed by atoms with Gasteiger partial charge in [0.1, 0.15) is 0 Å². The highest BCUT2D eigenvalue weighted by molar-refractivity contribution is 5.69. The molecule has 0 atom stereocenters. The molecular weight excluding hydrogens is 246 g/mol. The fraction of sp³-hybridized carbons (Fsp3) is 0.769. The van der Waals surface area contributed by atoms with Crippen LogP contribution in [0.2, 0.25) is 0 Å². The van der Waals surface area contributed by atoms with E-state index in [1.54, 1.807) is 4.90 Å². The van der Waals surface area contributed by atoms with Crippen LogP contribution >= 0.6 is 0 Å². The zero-order valence-electron chi connectivity index (χ0n) is 12.3. The smallest absolute Gasteiger partial charge is 0.317 e. The van der Waals surface area contributed by atoms with Gasteiger partial charge in [-0.25, -0.2) is 0 Å². The number of nitrogens with zero attached hydrogens (tertiary/aromatic N) is 3. The van der Waals surface area contributed by atoms with E-state index in [-0.39, 0.29) is 12.1 Å². The quantitative estimate of drug-likeness (QED) is 0.850. The van der Waals surface area contributed by atoms with Crippen LogP contribution in [0.4, 0.5) is 0 Å². The summed E-state index contributed by atoms with van der Waals surface area (Å²) in [4.78, 5) is 17.0. The number of aliphatic carboxylic acids is 1. The number of hydrogen-bond acceptors (Lipinski definition) is 5. The predicted molar refractivity (Wildman–Crippen MR) is 70.6 cm³/mol. The lowest BCUT2D eigenvalue weighted by molar-refractivity contribution is -0.140. The summed E-state index contributed by atoms with van der Waals surface area (Å²) in [7, 11) is 0. The molecule has 0 radical (unpaired) electrons. The Morgan fingerprint density at radius 3 is 2.53 bits per heavy atom. The third-order valence-electron chi connectivity index (χ3n) is 2.70. The van der Waals surface area contributed by atoms with Crippen LogP contribution in [0.5, 0.6) is 0 Å². The van der Waals surface area contributed by atoms with Crippen molar-refractivity contribution in [2.75, 3.05) is 6.54 Å². The molecule has 0 saturated heterocycles. The van der Waals surface area contributed by atoms with E-state index in [1.165, 1.54) is 0 Å². The molecule has 0 spiro atoms. The molecule has 0 aliphatic carbocycles. The van der Waals surface area contributed by atoms with Crippen molar-refractivity contribution < 1.29 is 14.4 Å². The normalized spacial score (nSPS) is 12.4. The molecule has 0 aliphatic heterocycles. The maximum atomic E-state index is 10.9. The maximum absolute atomic E-state index is 10.9. The minimum atomic E-state index is -0.860. The van der Waals surface area contributed by atoms with Gasteiger partial charge in [0.25, 0.3) is 0 Å². The van der Waals surface area contributed by atoms with E-state index in [2.05, 4.69) is 24.0 Å². The average Bonchev–Trinajstić information content (AvgIpc) is 2.61. The molecule has 0 unspecified atom stereocenters. The second-order valence-corrected chi connectivity index (χ2v) is 6.12. The van der Waals surface area contributed by atoms with Crippen molar-refractivity contribution >= 4 is 5.97 Å². The zero-order chi connectivity index (χ0) is 14.6. The Morgan fingerprint density at radius 2 is 2.05 bits per heavy atom. The Balaban J connectivity index is 2.73. The molecule has 6 nitrogen and oxygen atoms in total. The lowest BCUT2D eigenvalue weighted by Crippen LogP contribution is -2.44. The molecular formula is C13H23N3O3. The highest BCUT2D eigenvalue weighted by Gasteiger charge is 2.25. The van der Waals surface area contributed by atoms with Crippen molar-refractivity contribution in [3.05, 3.63) is 11.7 Å².